The van der Waals surface area contributed by atoms with E-state index in [2.05, 4.69) is 10.3 Å². The number of nitrogens with one attached hydrogen (secondary N) is 1. The van der Waals surface area contributed by atoms with E-state index in [1.807, 2.05) is 19.1 Å². The van der Waals surface area contributed by atoms with Crippen LogP contribution in [-0.2, 0) is 0 Å². The Bertz CT molecular complexity index is 844. The third-order valence-electron chi connectivity index (χ3n) is 3.17. The Morgan fingerprint density at radius 1 is 1.33 bits per heavy atom. The van der Waals surface area contributed by atoms with Crippen LogP contribution in [0.5, 0.6) is 0 Å². The van der Waals surface area contributed by atoms with Gasteiger partial charge in [0.05, 0.1) is 16.4 Å². The number of halogens is 1. The average Bonchev–Trinajstić information content (AvgIpc) is 2.80. The molecule has 0 aliphatic carbocycles. The van der Waals surface area contributed by atoms with E-state index in [4.69, 9.17) is 17.3 Å². The van der Waals surface area contributed by atoms with Crippen LogP contribution in [0.15, 0.2) is 36.5 Å². The Hall–Kier alpha value is -2.11. The van der Waals surface area contributed by atoms with Gasteiger partial charge in [0.2, 0.25) is 0 Å². The largest absolute Gasteiger partial charge is 0.397 e. The normalized spacial score (nSPS) is 10.8. The molecule has 3 aromatic rings. The Kier molecular flexibility index (Phi) is 3.53. The highest BCUT2D eigenvalue weighted by atomic mass is 35.5. The van der Waals surface area contributed by atoms with Crippen molar-refractivity contribution in [2.75, 3.05) is 11.1 Å². The third kappa shape index (κ3) is 2.46. The van der Waals surface area contributed by atoms with Gasteiger partial charge in [-0.05, 0) is 30.7 Å². The summed E-state index contributed by atoms with van der Waals surface area (Å²) in [4.78, 5) is 17.9. The number of nitrogens with two attached hydrogens (primary N) is 1. The number of nitrogen functional groups attached to an aromatic ring is 1. The minimum atomic E-state index is -0.275. The van der Waals surface area contributed by atoms with Crippen molar-refractivity contribution in [2.24, 2.45) is 0 Å². The lowest BCUT2D eigenvalue weighted by atomic mass is 10.1. The second-order valence-corrected chi connectivity index (χ2v) is 5.99. The highest BCUT2D eigenvalue weighted by molar-refractivity contribution is 7.21. The zero-order valence-corrected chi connectivity index (χ0v) is 12.8. The smallest absolute Gasteiger partial charge is 0.267 e. The number of benzene rings is 1. The number of aromatic nitrogens is 1. The quantitative estimate of drug-likeness (QED) is 0.748. The first-order valence-corrected chi connectivity index (χ1v) is 7.47. The van der Waals surface area contributed by atoms with Gasteiger partial charge in [-0.1, -0.05) is 23.7 Å². The average molecular weight is 318 g/mol. The molecule has 0 aliphatic rings. The number of hydrogen-bond acceptors (Lipinski definition) is 4. The number of para-hydroxylation sites is 1. The third-order valence-corrected chi connectivity index (χ3v) is 4.61. The summed E-state index contributed by atoms with van der Waals surface area (Å²) in [6.45, 7) is 1.95. The number of pyridine rings is 1. The number of amides is 1. The highest BCUT2D eigenvalue weighted by Gasteiger charge is 2.18. The van der Waals surface area contributed by atoms with Gasteiger partial charge in [0.15, 0.2) is 0 Å². The Morgan fingerprint density at radius 2 is 2.10 bits per heavy atom. The molecule has 3 rings (SSSR count). The van der Waals surface area contributed by atoms with Gasteiger partial charge < -0.3 is 11.1 Å². The maximum atomic E-state index is 12.4. The maximum absolute atomic E-state index is 12.4. The number of rotatable bonds is 2. The van der Waals surface area contributed by atoms with E-state index in [0.717, 1.165) is 15.8 Å². The Labute approximate surface area is 130 Å². The number of hydrogen-bond donors (Lipinski definition) is 2. The molecule has 0 bridgehead atoms. The van der Waals surface area contributed by atoms with E-state index in [-0.39, 0.29) is 5.91 Å². The summed E-state index contributed by atoms with van der Waals surface area (Å²) >= 11 is 7.32. The van der Waals surface area contributed by atoms with Crippen LogP contribution in [0.25, 0.3) is 10.2 Å². The fraction of sp³-hybridized carbons (Fsp3) is 0.0667. The molecule has 0 saturated carbocycles. The van der Waals surface area contributed by atoms with Crippen LogP contribution in [0.2, 0.25) is 5.02 Å². The minimum Gasteiger partial charge on any atom is -0.397 e. The molecule has 21 heavy (non-hydrogen) atoms. The summed E-state index contributed by atoms with van der Waals surface area (Å²) in [5.41, 5.74) is 8.14. The van der Waals surface area contributed by atoms with Crippen LogP contribution < -0.4 is 11.1 Å². The molecule has 0 saturated heterocycles. The topological polar surface area (TPSA) is 68.0 Å². The van der Waals surface area contributed by atoms with Gasteiger partial charge in [-0.25, -0.2) is 4.98 Å². The lowest BCUT2D eigenvalue weighted by molar-refractivity contribution is 0.103. The standard InChI is InChI=1S/C15H12ClN3OS/c1-8-6-7-18-15-11(8)12(17)13(21-15)14(20)19-10-5-3-2-4-9(10)16/h2-7H,17H2,1H3,(H,19,20). The molecule has 2 aromatic heterocycles. The van der Waals surface area contributed by atoms with Gasteiger partial charge in [0, 0.05) is 11.6 Å². The number of thiophene rings is 1. The molecule has 0 atom stereocenters. The van der Waals surface area contributed by atoms with Crippen LogP contribution >= 0.6 is 22.9 Å². The summed E-state index contributed by atoms with van der Waals surface area (Å²) in [5, 5.41) is 4.11. The van der Waals surface area contributed by atoms with Crippen LogP contribution in [-0.4, -0.2) is 10.9 Å². The minimum absolute atomic E-state index is 0.275. The molecule has 106 valence electrons. The molecule has 0 fully saturated rings. The number of nitrogens with zero attached hydrogens (tertiary/aromatic N) is 1. The molecule has 0 unspecified atom stereocenters. The second kappa shape index (κ2) is 5.35. The van der Waals surface area contributed by atoms with Crippen molar-refractivity contribution in [3.63, 3.8) is 0 Å². The molecule has 1 amide bonds. The summed E-state index contributed by atoms with van der Waals surface area (Å²) in [6, 6.07) is 8.95. The van der Waals surface area contributed by atoms with Crippen molar-refractivity contribution in [1.82, 2.24) is 4.98 Å². The Balaban J connectivity index is 2.01. The van der Waals surface area contributed by atoms with Gasteiger partial charge in [0.25, 0.3) is 5.91 Å². The second-order valence-electron chi connectivity index (χ2n) is 4.59. The fourth-order valence-electron chi connectivity index (χ4n) is 2.11. The predicted molar refractivity (Wildman–Crippen MR) is 88.2 cm³/mol. The van der Waals surface area contributed by atoms with Gasteiger partial charge in [-0.3, -0.25) is 4.79 Å². The van der Waals surface area contributed by atoms with E-state index < -0.39 is 0 Å². The van der Waals surface area contributed by atoms with Crippen LogP contribution in [0, 0.1) is 6.92 Å². The van der Waals surface area contributed by atoms with Crippen LogP contribution in [0.4, 0.5) is 11.4 Å². The van der Waals surface area contributed by atoms with Gasteiger partial charge in [0.1, 0.15) is 9.71 Å². The molecule has 1 aromatic carbocycles. The lowest BCUT2D eigenvalue weighted by Gasteiger charge is -2.06. The maximum Gasteiger partial charge on any atom is 0.267 e. The fourth-order valence-corrected chi connectivity index (χ4v) is 3.33. The Morgan fingerprint density at radius 3 is 2.81 bits per heavy atom. The van der Waals surface area contributed by atoms with Crippen LogP contribution in [0.3, 0.4) is 0 Å². The summed E-state index contributed by atoms with van der Waals surface area (Å²) in [5.74, 6) is -0.275. The molecule has 6 heteroatoms. The molecule has 2 heterocycles. The molecule has 0 radical (unpaired) electrons. The van der Waals surface area contributed by atoms with Crippen molar-refractivity contribution in [3.05, 3.63) is 52.0 Å². The van der Waals surface area contributed by atoms with E-state index >= 15 is 0 Å². The van der Waals surface area contributed by atoms with Crippen molar-refractivity contribution in [2.45, 2.75) is 6.92 Å². The zero-order valence-electron chi connectivity index (χ0n) is 11.2. The first-order valence-electron chi connectivity index (χ1n) is 6.27. The summed E-state index contributed by atoms with van der Waals surface area (Å²) in [7, 11) is 0. The van der Waals surface area contributed by atoms with Gasteiger partial charge >= 0.3 is 0 Å². The summed E-state index contributed by atoms with van der Waals surface area (Å²) < 4.78 is 0. The number of carbonyl (C=O) groups excluding carboxylic acids is 1. The van der Waals surface area contributed by atoms with Crippen molar-refractivity contribution < 1.29 is 4.79 Å². The molecule has 0 spiro atoms. The SMILES string of the molecule is Cc1ccnc2sc(C(=O)Nc3ccccc3Cl)c(N)c12. The molecule has 4 nitrogen and oxygen atoms in total. The number of carbonyl (C=O) groups is 1. The number of anilines is 2. The zero-order chi connectivity index (χ0) is 15.0. The van der Waals surface area contributed by atoms with Gasteiger partial charge in [-0.15, -0.1) is 11.3 Å². The number of aryl methyl sites for hydroxylation is 1. The monoisotopic (exact) mass is 317 g/mol. The predicted octanol–water partition coefficient (Wildman–Crippen LogP) is 4.09. The van der Waals surface area contributed by atoms with Crippen molar-refractivity contribution in [1.29, 1.82) is 0 Å². The number of fused-ring (bicyclic) bond motifs is 1. The van der Waals surface area contributed by atoms with Gasteiger partial charge in [-0.2, -0.15) is 0 Å². The highest BCUT2D eigenvalue weighted by Crippen LogP contribution is 2.35. The van der Waals surface area contributed by atoms with Crippen molar-refractivity contribution >= 4 is 50.4 Å². The van der Waals surface area contributed by atoms with Crippen molar-refractivity contribution in [3.8, 4) is 0 Å². The first kappa shape index (κ1) is 13.9. The van der Waals surface area contributed by atoms with Crippen LogP contribution in [0.1, 0.15) is 15.2 Å². The molecule has 0 aliphatic heterocycles. The van der Waals surface area contributed by atoms with E-state index in [9.17, 15) is 4.79 Å². The summed E-state index contributed by atoms with van der Waals surface area (Å²) in [6.07, 6.45) is 1.71. The molecular formula is C15H12ClN3OS. The first-order chi connectivity index (χ1) is 10.1. The van der Waals surface area contributed by atoms with E-state index in [1.165, 1.54) is 11.3 Å². The van der Waals surface area contributed by atoms with E-state index in [0.29, 0.717) is 21.3 Å². The lowest BCUT2D eigenvalue weighted by Crippen LogP contribution is -2.12. The molecular weight excluding hydrogens is 306 g/mol. The van der Waals surface area contributed by atoms with E-state index in [1.54, 1.807) is 24.4 Å². The molecule has 3 N–H and O–H groups in total.